The minimum absolute atomic E-state index is 0.0171. The summed E-state index contributed by atoms with van der Waals surface area (Å²) >= 11 is 0. The molecule has 18 heavy (non-hydrogen) atoms. The van der Waals surface area contributed by atoms with Crippen molar-refractivity contribution in [3.63, 3.8) is 0 Å². The van der Waals surface area contributed by atoms with Gasteiger partial charge in [0.1, 0.15) is 5.82 Å². The summed E-state index contributed by atoms with van der Waals surface area (Å²) in [5.41, 5.74) is 0.358. The Labute approximate surface area is 105 Å². The molecule has 1 aliphatic heterocycles. The fourth-order valence-corrected chi connectivity index (χ4v) is 1.96. The maximum absolute atomic E-state index is 13.4. The molecule has 4 nitrogen and oxygen atoms in total. The maximum atomic E-state index is 13.4. The number of aliphatic hydroxyl groups excluding tert-OH is 1. The van der Waals surface area contributed by atoms with Gasteiger partial charge in [0.25, 0.3) is 0 Å². The van der Waals surface area contributed by atoms with Crippen molar-refractivity contribution in [2.45, 2.75) is 25.0 Å². The fraction of sp³-hybridized carbons (Fsp3) is 0.462. The molecular formula is C13H16FNO3. The average molecular weight is 253 g/mol. The normalized spacial score (nSPS) is 23.7. The van der Waals surface area contributed by atoms with Gasteiger partial charge in [-0.05, 0) is 18.1 Å². The van der Waals surface area contributed by atoms with Gasteiger partial charge in [0, 0.05) is 6.61 Å². The van der Waals surface area contributed by atoms with Crippen LogP contribution in [0.1, 0.15) is 12.0 Å². The maximum Gasteiger partial charge on any atom is 0.224 e. The number of carbonyl (C=O) groups excluding carboxylic acids is 1. The summed E-state index contributed by atoms with van der Waals surface area (Å²) in [5, 5.41) is 12.3. The van der Waals surface area contributed by atoms with E-state index >= 15 is 0 Å². The van der Waals surface area contributed by atoms with E-state index in [-0.39, 0.29) is 30.8 Å². The van der Waals surface area contributed by atoms with Crippen LogP contribution < -0.4 is 5.32 Å². The average Bonchev–Trinajstić information content (AvgIpc) is 2.35. The van der Waals surface area contributed by atoms with Crippen LogP contribution in [-0.2, 0) is 16.0 Å². The van der Waals surface area contributed by atoms with Crippen molar-refractivity contribution < 1.29 is 19.0 Å². The SMILES string of the molecule is O=C(Cc1ccccc1F)N[C@@H]1CCOC[C@H]1O. The highest BCUT2D eigenvalue weighted by molar-refractivity contribution is 5.79. The molecule has 1 aromatic rings. The first kappa shape index (κ1) is 13.0. The molecule has 0 radical (unpaired) electrons. The lowest BCUT2D eigenvalue weighted by molar-refractivity contribution is -0.123. The number of amides is 1. The molecule has 2 atom stereocenters. The standard InChI is InChI=1S/C13H16FNO3/c14-10-4-2-1-3-9(10)7-13(17)15-11-5-6-18-8-12(11)16/h1-4,11-12,16H,5-8H2,(H,15,17)/t11-,12-/m1/s1. The number of ether oxygens (including phenoxy) is 1. The number of halogens is 1. The van der Waals surface area contributed by atoms with Gasteiger partial charge in [-0.1, -0.05) is 18.2 Å². The number of carbonyl (C=O) groups is 1. The van der Waals surface area contributed by atoms with Gasteiger partial charge in [0.2, 0.25) is 5.91 Å². The molecular weight excluding hydrogens is 237 g/mol. The Morgan fingerprint density at radius 1 is 1.50 bits per heavy atom. The van der Waals surface area contributed by atoms with Crippen LogP contribution in [0, 0.1) is 5.82 Å². The molecule has 2 rings (SSSR count). The van der Waals surface area contributed by atoms with Crippen LogP contribution in [0.15, 0.2) is 24.3 Å². The van der Waals surface area contributed by atoms with Gasteiger partial charge >= 0.3 is 0 Å². The summed E-state index contributed by atoms with van der Waals surface area (Å²) in [7, 11) is 0. The van der Waals surface area contributed by atoms with Crippen molar-refractivity contribution in [1.82, 2.24) is 5.32 Å². The van der Waals surface area contributed by atoms with Crippen molar-refractivity contribution in [3.05, 3.63) is 35.6 Å². The predicted molar refractivity (Wildman–Crippen MR) is 63.5 cm³/mol. The van der Waals surface area contributed by atoms with Crippen LogP contribution in [0.5, 0.6) is 0 Å². The molecule has 98 valence electrons. The van der Waals surface area contributed by atoms with E-state index in [2.05, 4.69) is 5.32 Å². The largest absolute Gasteiger partial charge is 0.389 e. The van der Waals surface area contributed by atoms with Crippen molar-refractivity contribution in [3.8, 4) is 0 Å². The Hall–Kier alpha value is -1.46. The molecule has 0 unspecified atom stereocenters. The lowest BCUT2D eigenvalue weighted by Gasteiger charge is -2.28. The summed E-state index contributed by atoms with van der Waals surface area (Å²) in [6, 6.07) is 5.87. The molecule has 2 N–H and O–H groups in total. The Morgan fingerprint density at radius 2 is 2.28 bits per heavy atom. The minimum atomic E-state index is -0.691. The van der Waals surface area contributed by atoms with E-state index < -0.39 is 6.10 Å². The van der Waals surface area contributed by atoms with Gasteiger partial charge in [-0.2, -0.15) is 0 Å². The van der Waals surface area contributed by atoms with Gasteiger partial charge in [0.05, 0.1) is 25.2 Å². The van der Waals surface area contributed by atoms with Crippen molar-refractivity contribution in [1.29, 1.82) is 0 Å². The molecule has 1 amide bonds. The lowest BCUT2D eigenvalue weighted by Crippen LogP contribution is -2.49. The van der Waals surface area contributed by atoms with Gasteiger partial charge in [-0.25, -0.2) is 4.39 Å². The third-order valence-corrected chi connectivity index (χ3v) is 2.98. The third-order valence-electron chi connectivity index (χ3n) is 2.98. The first-order chi connectivity index (χ1) is 8.66. The van der Waals surface area contributed by atoms with Gasteiger partial charge in [-0.3, -0.25) is 4.79 Å². The molecule has 1 aliphatic rings. The zero-order valence-electron chi connectivity index (χ0n) is 9.93. The molecule has 0 bridgehead atoms. The van der Waals surface area contributed by atoms with E-state index in [4.69, 9.17) is 4.74 Å². The minimum Gasteiger partial charge on any atom is -0.389 e. The summed E-state index contributed by atoms with van der Waals surface area (Å²) in [5.74, 6) is -0.675. The van der Waals surface area contributed by atoms with Crippen LogP contribution in [0.2, 0.25) is 0 Å². The van der Waals surface area contributed by atoms with Gasteiger partial charge in [-0.15, -0.1) is 0 Å². The Bertz CT molecular complexity index is 424. The van der Waals surface area contributed by atoms with Crippen LogP contribution in [0.25, 0.3) is 0 Å². The highest BCUT2D eigenvalue weighted by Gasteiger charge is 2.25. The Kier molecular flexibility index (Phi) is 4.28. The molecule has 0 saturated carbocycles. The zero-order valence-corrected chi connectivity index (χ0v) is 9.93. The van der Waals surface area contributed by atoms with Crippen LogP contribution in [0.3, 0.4) is 0 Å². The highest BCUT2D eigenvalue weighted by atomic mass is 19.1. The molecule has 1 aromatic carbocycles. The number of rotatable bonds is 3. The lowest BCUT2D eigenvalue weighted by atomic mass is 10.1. The summed E-state index contributed by atoms with van der Waals surface area (Å²) in [6.07, 6.45) is -0.135. The second kappa shape index (κ2) is 5.93. The van der Waals surface area contributed by atoms with Gasteiger partial charge in [0.15, 0.2) is 0 Å². The molecule has 1 heterocycles. The number of benzene rings is 1. The van der Waals surface area contributed by atoms with E-state index in [1.807, 2.05) is 0 Å². The molecule has 0 aliphatic carbocycles. The van der Waals surface area contributed by atoms with Crippen molar-refractivity contribution >= 4 is 5.91 Å². The van der Waals surface area contributed by atoms with E-state index in [0.29, 0.717) is 18.6 Å². The molecule has 5 heteroatoms. The van der Waals surface area contributed by atoms with E-state index in [0.717, 1.165) is 0 Å². The van der Waals surface area contributed by atoms with Crippen LogP contribution >= 0.6 is 0 Å². The molecule has 1 saturated heterocycles. The van der Waals surface area contributed by atoms with E-state index in [1.165, 1.54) is 6.07 Å². The van der Waals surface area contributed by atoms with E-state index in [1.54, 1.807) is 18.2 Å². The fourth-order valence-electron chi connectivity index (χ4n) is 1.96. The first-order valence-corrected chi connectivity index (χ1v) is 5.95. The second-order valence-electron chi connectivity index (χ2n) is 4.37. The van der Waals surface area contributed by atoms with Crippen LogP contribution in [-0.4, -0.2) is 36.4 Å². The second-order valence-corrected chi connectivity index (χ2v) is 4.37. The van der Waals surface area contributed by atoms with Gasteiger partial charge < -0.3 is 15.2 Å². The summed E-state index contributed by atoms with van der Waals surface area (Å²) < 4.78 is 18.4. The molecule has 0 aromatic heterocycles. The van der Waals surface area contributed by atoms with Crippen LogP contribution in [0.4, 0.5) is 4.39 Å². The predicted octanol–water partition coefficient (Wildman–Crippen LogP) is 0.634. The first-order valence-electron chi connectivity index (χ1n) is 5.95. The summed E-state index contributed by atoms with van der Waals surface area (Å²) in [6.45, 7) is 0.742. The topological polar surface area (TPSA) is 58.6 Å². The smallest absolute Gasteiger partial charge is 0.224 e. The van der Waals surface area contributed by atoms with Crippen molar-refractivity contribution in [2.24, 2.45) is 0 Å². The highest BCUT2D eigenvalue weighted by Crippen LogP contribution is 2.10. The number of nitrogens with one attached hydrogen (secondary N) is 1. The zero-order chi connectivity index (χ0) is 13.0. The third kappa shape index (κ3) is 3.27. The quantitative estimate of drug-likeness (QED) is 0.831. The number of hydrogen-bond donors (Lipinski definition) is 2. The van der Waals surface area contributed by atoms with Crippen molar-refractivity contribution in [2.75, 3.05) is 13.2 Å². The van der Waals surface area contributed by atoms with E-state index in [9.17, 15) is 14.3 Å². The number of aliphatic hydroxyl groups is 1. The monoisotopic (exact) mass is 253 g/mol. The molecule has 1 fully saturated rings. The Morgan fingerprint density at radius 3 is 3.00 bits per heavy atom. The number of hydrogen-bond acceptors (Lipinski definition) is 3. The summed E-state index contributed by atoms with van der Waals surface area (Å²) in [4.78, 5) is 11.7. The Balaban J connectivity index is 1.90. The molecule has 0 spiro atoms.